The SMILES string of the molecule is COc1ccc(C#N)c(NCCC2CCCCC2)c1. The summed E-state index contributed by atoms with van der Waals surface area (Å²) in [5.41, 5.74) is 1.57. The third-order valence-corrected chi connectivity index (χ3v) is 3.94. The number of nitrogens with zero attached hydrogens (tertiary/aromatic N) is 1. The van der Waals surface area contributed by atoms with Crippen molar-refractivity contribution in [3.63, 3.8) is 0 Å². The fourth-order valence-corrected chi connectivity index (χ4v) is 2.78. The van der Waals surface area contributed by atoms with E-state index in [0.29, 0.717) is 5.56 Å². The van der Waals surface area contributed by atoms with Gasteiger partial charge in [-0.1, -0.05) is 32.1 Å². The predicted molar refractivity (Wildman–Crippen MR) is 77.4 cm³/mol. The van der Waals surface area contributed by atoms with Crippen LogP contribution < -0.4 is 10.1 Å². The van der Waals surface area contributed by atoms with Gasteiger partial charge in [-0.3, -0.25) is 0 Å². The summed E-state index contributed by atoms with van der Waals surface area (Å²) in [6, 6.07) is 7.75. The lowest BCUT2D eigenvalue weighted by Gasteiger charge is -2.21. The number of nitrogens with one attached hydrogen (secondary N) is 1. The summed E-state index contributed by atoms with van der Waals surface area (Å²) < 4.78 is 5.20. The van der Waals surface area contributed by atoms with Crippen LogP contribution in [0.1, 0.15) is 44.1 Å². The standard InChI is InChI=1S/C16H22N2O/c1-19-15-8-7-14(12-17)16(11-15)18-10-9-13-5-3-2-4-6-13/h7-8,11,13,18H,2-6,9-10H2,1H3. The zero-order valence-electron chi connectivity index (χ0n) is 11.6. The molecule has 0 heterocycles. The highest BCUT2D eigenvalue weighted by atomic mass is 16.5. The normalized spacial score (nSPS) is 15.8. The summed E-state index contributed by atoms with van der Waals surface area (Å²) in [4.78, 5) is 0. The molecule has 3 heteroatoms. The first-order valence-electron chi connectivity index (χ1n) is 7.15. The molecule has 19 heavy (non-hydrogen) atoms. The third-order valence-electron chi connectivity index (χ3n) is 3.94. The Kier molecular flexibility index (Phi) is 5.09. The molecule has 1 saturated carbocycles. The van der Waals surface area contributed by atoms with Crippen molar-refractivity contribution in [3.05, 3.63) is 23.8 Å². The van der Waals surface area contributed by atoms with Crippen molar-refractivity contribution >= 4 is 5.69 Å². The van der Waals surface area contributed by atoms with Crippen LogP contribution in [0.25, 0.3) is 0 Å². The number of methoxy groups -OCH3 is 1. The molecular weight excluding hydrogens is 236 g/mol. The first-order chi connectivity index (χ1) is 9.33. The second-order valence-electron chi connectivity index (χ2n) is 5.24. The largest absolute Gasteiger partial charge is 0.497 e. The van der Waals surface area contributed by atoms with Crippen LogP contribution in [0, 0.1) is 17.2 Å². The van der Waals surface area contributed by atoms with Gasteiger partial charge in [-0.2, -0.15) is 5.26 Å². The number of anilines is 1. The Bertz CT molecular complexity index is 445. The van der Waals surface area contributed by atoms with Gasteiger partial charge in [0.05, 0.1) is 18.4 Å². The molecule has 3 nitrogen and oxygen atoms in total. The molecule has 0 amide bonds. The molecule has 0 atom stereocenters. The molecule has 1 aromatic rings. The van der Waals surface area contributed by atoms with Crippen LogP contribution in [0.3, 0.4) is 0 Å². The van der Waals surface area contributed by atoms with E-state index in [1.807, 2.05) is 18.2 Å². The minimum Gasteiger partial charge on any atom is -0.497 e. The Balaban J connectivity index is 1.89. The Morgan fingerprint density at radius 3 is 2.79 bits per heavy atom. The minimum atomic E-state index is 0.685. The predicted octanol–water partition coefficient (Wildman–Crippen LogP) is 3.95. The van der Waals surface area contributed by atoms with Crippen LogP contribution in [-0.4, -0.2) is 13.7 Å². The van der Waals surface area contributed by atoms with Crippen molar-refractivity contribution in [3.8, 4) is 11.8 Å². The topological polar surface area (TPSA) is 45.0 Å². The highest BCUT2D eigenvalue weighted by Crippen LogP contribution is 2.27. The lowest BCUT2D eigenvalue weighted by Crippen LogP contribution is -2.12. The van der Waals surface area contributed by atoms with Crippen LogP contribution in [-0.2, 0) is 0 Å². The molecule has 2 rings (SSSR count). The van der Waals surface area contributed by atoms with Crippen LogP contribution in [0.2, 0.25) is 0 Å². The molecule has 1 N–H and O–H groups in total. The smallest absolute Gasteiger partial charge is 0.121 e. The second-order valence-corrected chi connectivity index (χ2v) is 5.24. The molecule has 1 aliphatic carbocycles. The van der Waals surface area contributed by atoms with Crippen LogP contribution in [0.15, 0.2) is 18.2 Å². The Morgan fingerprint density at radius 1 is 1.32 bits per heavy atom. The summed E-state index contributed by atoms with van der Waals surface area (Å²) in [5.74, 6) is 1.65. The summed E-state index contributed by atoms with van der Waals surface area (Å²) >= 11 is 0. The van der Waals surface area contributed by atoms with Crippen LogP contribution in [0.5, 0.6) is 5.75 Å². The number of rotatable bonds is 5. The van der Waals surface area contributed by atoms with E-state index in [-0.39, 0.29) is 0 Å². The van der Waals surface area contributed by atoms with Crippen LogP contribution in [0.4, 0.5) is 5.69 Å². The molecule has 0 saturated heterocycles. The Hall–Kier alpha value is -1.69. The van der Waals surface area contributed by atoms with Crippen molar-refractivity contribution in [2.75, 3.05) is 19.0 Å². The maximum Gasteiger partial charge on any atom is 0.121 e. The van der Waals surface area contributed by atoms with Gasteiger partial charge in [-0.15, -0.1) is 0 Å². The molecular formula is C16H22N2O. The van der Waals surface area contributed by atoms with E-state index in [9.17, 15) is 0 Å². The van der Waals surface area contributed by atoms with E-state index >= 15 is 0 Å². The van der Waals surface area contributed by atoms with E-state index in [0.717, 1.165) is 23.9 Å². The van der Waals surface area contributed by atoms with E-state index in [1.165, 1.54) is 38.5 Å². The summed E-state index contributed by atoms with van der Waals surface area (Å²) in [6.07, 6.45) is 8.09. The van der Waals surface area contributed by atoms with Gasteiger partial charge in [0.25, 0.3) is 0 Å². The van der Waals surface area contributed by atoms with Gasteiger partial charge in [0.1, 0.15) is 11.8 Å². The average molecular weight is 258 g/mol. The number of benzene rings is 1. The van der Waals surface area contributed by atoms with Gasteiger partial charge in [-0.25, -0.2) is 0 Å². The number of hydrogen-bond acceptors (Lipinski definition) is 3. The van der Waals surface area contributed by atoms with Crippen molar-refractivity contribution in [2.24, 2.45) is 5.92 Å². The van der Waals surface area contributed by atoms with Gasteiger partial charge in [-0.05, 0) is 24.5 Å². The Morgan fingerprint density at radius 2 is 2.11 bits per heavy atom. The van der Waals surface area contributed by atoms with Crippen molar-refractivity contribution in [1.82, 2.24) is 0 Å². The Labute approximate surface area is 115 Å². The molecule has 0 bridgehead atoms. The first kappa shape index (κ1) is 13.7. The van der Waals surface area contributed by atoms with Gasteiger partial charge in [0, 0.05) is 12.6 Å². The molecule has 1 fully saturated rings. The number of ether oxygens (including phenoxy) is 1. The van der Waals surface area contributed by atoms with Gasteiger partial charge in [0.15, 0.2) is 0 Å². The summed E-state index contributed by atoms with van der Waals surface area (Å²) in [5, 5.41) is 12.5. The van der Waals surface area contributed by atoms with Gasteiger partial charge >= 0.3 is 0 Å². The number of nitriles is 1. The minimum absolute atomic E-state index is 0.685. The molecule has 102 valence electrons. The highest BCUT2D eigenvalue weighted by molar-refractivity contribution is 5.60. The maximum atomic E-state index is 9.10. The molecule has 1 aliphatic rings. The molecule has 1 aromatic carbocycles. The van der Waals surface area contributed by atoms with Crippen molar-refractivity contribution in [1.29, 1.82) is 5.26 Å². The maximum absolute atomic E-state index is 9.10. The first-order valence-corrected chi connectivity index (χ1v) is 7.15. The lowest BCUT2D eigenvalue weighted by atomic mass is 9.87. The van der Waals surface area contributed by atoms with Crippen molar-refractivity contribution in [2.45, 2.75) is 38.5 Å². The van der Waals surface area contributed by atoms with E-state index < -0.39 is 0 Å². The molecule has 0 aromatic heterocycles. The summed E-state index contributed by atoms with van der Waals surface area (Å²) in [6.45, 7) is 0.937. The fourth-order valence-electron chi connectivity index (χ4n) is 2.78. The zero-order chi connectivity index (χ0) is 13.5. The second kappa shape index (κ2) is 7.04. The van der Waals surface area contributed by atoms with E-state index in [2.05, 4.69) is 11.4 Å². The lowest BCUT2D eigenvalue weighted by molar-refractivity contribution is 0.345. The zero-order valence-corrected chi connectivity index (χ0v) is 11.6. The number of hydrogen-bond donors (Lipinski definition) is 1. The van der Waals surface area contributed by atoms with Gasteiger partial charge < -0.3 is 10.1 Å². The molecule has 0 radical (unpaired) electrons. The van der Waals surface area contributed by atoms with E-state index in [1.54, 1.807) is 7.11 Å². The molecule has 0 unspecified atom stereocenters. The summed E-state index contributed by atoms with van der Waals surface area (Å²) in [7, 11) is 1.65. The highest BCUT2D eigenvalue weighted by Gasteiger charge is 2.13. The van der Waals surface area contributed by atoms with Gasteiger partial charge in [0.2, 0.25) is 0 Å². The fraction of sp³-hybridized carbons (Fsp3) is 0.562. The monoisotopic (exact) mass is 258 g/mol. The molecule has 0 spiro atoms. The van der Waals surface area contributed by atoms with Crippen LogP contribution >= 0.6 is 0 Å². The van der Waals surface area contributed by atoms with Crippen molar-refractivity contribution < 1.29 is 4.74 Å². The molecule has 0 aliphatic heterocycles. The average Bonchev–Trinajstić information content (AvgIpc) is 2.48. The quantitative estimate of drug-likeness (QED) is 0.869. The third kappa shape index (κ3) is 3.89. The van der Waals surface area contributed by atoms with E-state index in [4.69, 9.17) is 10.00 Å².